The van der Waals surface area contributed by atoms with Crippen LogP contribution in [0, 0.1) is 17.8 Å². The van der Waals surface area contributed by atoms with Gasteiger partial charge in [0.25, 0.3) is 0 Å². The van der Waals surface area contributed by atoms with Crippen LogP contribution in [0.5, 0.6) is 0 Å². The standard InChI is InChI=1S/C17H30N2O/c1-4-7-13-10-14(13)19-16(12-8-5-6-9-12)18-15(11(2)3)17(19)20/h11-16,18H,4-10H2,1-3H3. The minimum atomic E-state index is 0.0588. The summed E-state index contributed by atoms with van der Waals surface area (Å²) >= 11 is 0. The van der Waals surface area contributed by atoms with E-state index in [4.69, 9.17) is 0 Å². The summed E-state index contributed by atoms with van der Waals surface area (Å²) in [6, 6.07) is 0.604. The first-order valence-electron chi connectivity index (χ1n) is 8.71. The second-order valence-electron chi connectivity index (χ2n) is 7.48. The molecule has 1 amide bonds. The molecule has 1 aliphatic heterocycles. The summed E-state index contributed by atoms with van der Waals surface area (Å²) in [5, 5.41) is 3.69. The van der Waals surface area contributed by atoms with Crippen molar-refractivity contribution in [1.82, 2.24) is 10.2 Å². The van der Waals surface area contributed by atoms with Crippen LogP contribution in [0.1, 0.15) is 65.7 Å². The van der Waals surface area contributed by atoms with Crippen LogP contribution in [-0.4, -0.2) is 29.1 Å². The Balaban J connectivity index is 1.74. The maximum Gasteiger partial charge on any atom is 0.241 e. The second kappa shape index (κ2) is 5.67. The lowest BCUT2D eigenvalue weighted by Crippen LogP contribution is -2.44. The highest BCUT2D eigenvalue weighted by molar-refractivity contribution is 5.85. The summed E-state index contributed by atoms with van der Waals surface area (Å²) < 4.78 is 0. The third-order valence-electron chi connectivity index (χ3n) is 5.59. The average Bonchev–Trinajstić information content (AvgIpc) is 2.86. The minimum absolute atomic E-state index is 0.0588. The van der Waals surface area contributed by atoms with E-state index in [1.807, 2.05) is 0 Å². The summed E-state index contributed by atoms with van der Waals surface area (Å²) in [6.07, 6.45) is 9.42. The molecule has 20 heavy (non-hydrogen) atoms. The van der Waals surface area contributed by atoms with Crippen molar-refractivity contribution in [2.75, 3.05) is 0 Å². The van der Waals surface area contributed by atoms with Crippen LogP contribution in [-0.2, 0) is 4.79 Å². The molecule has 1 saturated heterocycles. The monoisotopic (exact) mass is 278 g/mol. The van der Waals surface area contributed by atoms with Gasteiger partial charge in [-0.05, 0) is 43.4 Å². The van der Waals surface area contributed by atoms with E-state index >= 15 is 0 Å². The highest BCUT2D eigenvalue weighted by Gasteiger charge is 2.53. The molecule has 2 saturated carbocycles. The van der Waals surface area contributed by atoms with Crippen molar-refractivity contribution < 1.29 is 4.79 Å². The second-order valence-corrected chi connectivity index (χ2v) is 7.48. The number of nitrogens with one attached hydrogen (secondary N) is 1. The third-order valence-corrected chi connectivity index (χ3v) is 5.59. The molecule has 1 N–H and O–H groups in total. The number of nitrogens with zero attached hydrogens (tertiary/aromatic N) is 1. The smallest absolute Gasteiger partial charge is 0.241 e. The fraction of sp³-hybridized carbons (Fsp3) is 0.941. The van der Waals surface area contributed by atoms with Crippen LogP contribution >= 0.6 is 0 Å². The molecule has 0 aromatic heterocycles. The van der Waals surface area contributed by atoms with Crippen LogP contribution in [0.2, 0.25) is 0 Å². The number of hydrogen-bond donors (Lipinski definition) is 1. The molecule has 3 nitrogen and oxygen atoms in total. The SMILES string of the molecule is CCCC1CC1N1C(=O)C(C(C)C)NC1C1CCCC1. The zero-order valence-corrected chi connectivity index (χ0v) is 13.3. The number of rotatable bonds is 5. The van der Waals surface area contributed by atoms with Gasteiger partial charge >= 0.3 is 0 Å². The van der Waals surface area contributed by atoms with Crippen LogP contribution in [0.3, 0.4) is 0 Å². The Morgan fingerprint density at radius 2 is 2.00 bits per heavy atom. The molecule has 0 aromatic rings. The van der Waals surface area contributed by atoms with Crippen molar-refractivity contribution in [3.05, 3.63) is 0 Å². The number of amides is 1. The Morgan fingerprint density at radius 1 is 1.30 bits per heavy atom. The van der Waals surface area contributed by atoms with Gasteiger partial charge in [0.15, 0.2) is 0 Å². The highest BCUT2D eigenvalue weighted by Crippen LogP contribution is 2.44. The van der Waals surface area contributed by atoms with Crippen LogP contribution < -0.4 is 5.32 Å². The van der Waals surface area contributed by atoms with Gasteiger partial charge in [-0.15, -0.1) is 0 Å². The predicted octanol–water partition coefficient (Wildman–Crippen LogP) is 3.15. The van der Waals surface area contributed by atoms with Gasteiger partial charge in [-0.25, -0.2) is 0 Å². The highest BCUT2D eigenvalue weighted by atomic mass is 16.2. The number of carbonyl (C=O) groups is 1. The Bertz CT molecular complexity index is 362. The summed E-state index contributed by atoms with van der Waals surface area (Å²) in [5.74, 6) is 2.27. The Kier molecular flexibility index (Phi) is 4.07. The molecule has 2 aliphatic carbocycles. The van der Waals surface area contributed by atoms with Crippen LogP contribution in [0.25, 0.3) is 0 Å². The Morgan fingerprint density at radius 3 is 2.60 bits per heavy atom. The van der Waals surface area contributed by atoms with Gasteiger partial charge in [-0.1, -0.05) is 40.0 Å². The van der Waals surface area contributed by atoms with Gasteiger partial charge < -0.3 is 4.90 Å². The quantitative estimate of drug-likeness (QED) is 0.838. The van der Waals surface area contributed by atoms with E-state index in [0.717, 1.165) is 5.92 Å². The van der Waals surface area contributed by atoms with E-state index in [2.05, 4.69) is 31.0 Å². The lowest BCUT2D eigenvalue weighted by atomic mass is 10.0. The largest absolute Gasteiger partial charge is 0.322 e. The van der Waals surface area contributed by atoms with Crippen molar-refractivity contribution in [3.63, 3.8) is 0 Å². The number of carbonyl (C=O) groups excluding carboxylic acids is 1. The lowest BCUT2D eigenvalue weighted by molar-refractivity contribution is -0.132. The van der Waals surface area contributed by atoms with Crippen molar-refractivity contribution in [2.24, 2.45) is 17.8 Å². The lowest BCUT2D eigenvalue weighted by Gasteiger charge is -2.29. The van der Waals surface area contributed by atoms with Gasteiger partial charge in [-0.2, -0.15) is 0 Å². The fourth-order valence-corrected chi connectivity index (χ4v) is 4.37. The van der Waals surface area contributed by atoms with E-state index in [1.54, 1.807) is 0 Å². The summed E-state index contributed by atoms with van der Waals surface area (Å²) in [6.45, 7) is 6.59. The zero-order chi connectivity index (χ0) is 14.3. The summed E-state index contributed by atoms with van der Waals surface area (Å²) in [4.78, 5) is 15.1. The molecule has 4 atom stereocenters. The Hall–Kier alpha value is -0.570. The fourth-order valence-electron chi connectivity index (χ4n) is 4.37. The van der Waals surface area contributed by atoms with Crippen molar-refractivity contribution >= 4 is 5.91 Å². The molecule has 0 radical (unpaired) electrons. The maximum absolute atomic E-state index is 12.8. The average molecular weight is 278 g/mol. The molecule has 3 fully saturated rings. The molecule has 3 heteroatoms. The van der Waals surface area contributed by atoms with Crippen LogP contribution in [0.15, 0.2) is 0 Å². The van der Waals surface area contributed by atoms with Gasteiger partial charge in [0.2, 0.25) is 5.91 Å². The maximum atomic E-state index is 12.8. The van der Waals surface area contributed by atoms with E-state index in [0.29, 0.717) is 30.0 Å². The van der Waals surface area contributed by atoms with Gasteiger partial charge in [0.05, 0.1) is 12.2 Å². The first-order valence-corrected chi connectivity index (χ1v) is 8.71. The van der Waals surface area contributed by atoms with E-state index in [-0.39, 0.29) is 6.04 Å². The molecule has 4 unspecified atom stereocenters. The van der Waals surface area contributed by atoms with Gasteiger partial charge in [-0.3, -0.25) is 10.1 Å². The molecule has 3 rings (SSSR count). The van der Waals surface area contributed by atoms with Crippen LogP contribution in [0.4, 0.5) is 0 Å². The van der Waals surface area contributed by atoms with Gasteiger partial charge in [0, 0.05) is 6.04 Å². The normalized spacial score (nSPS) is 38.2. The molecule has 0 spiro atoms. The third kappa shape index (κ3) is 2.49. The summed E-state index contributed by atoms with van der Waals surface area (Å²) in [5.41, 5.74) is 0. The van der Waals surface area contributed by atoms with Crippen molar-refractivity contribution in [1.29, 1.82) is 0 Å². The molecular formula is C17H30N2O. The van der Waals surface area contributed by atoms with E-state index in [9.17, 15) is 4.79 Å². The van der Waals surface area contributed by atoms with Crippen molar-refractivity contribution in [3.8, 4) is 0 Å². The molecule has 1 heterocycles. The zero-order valence-electron chi connectivity index (χ0n) is 13.3. The molecule has 0 bridgehead atoms. The predicted molar refractivity (Wildman–Crippen MR) is 81.2 cm³/mol. The van der Waals surface area contributed by atoms with E-state index < -0.39 is 0 Å². The molecule has 0 aromatic carbocycles. The number of hydrogen-bond acceptors (Lipinski definition) is 2. The first-order chi connectivity index (χ1) is 9.63. The van der Waals surface area contributed by atoms with Gasteiger partial charge in [0.1, 0.15) is 0 Å². The summed E-state index contributed by atoms with van der Waals surface area (Å²) in [7, 11) is 0. The topological polar surface area (TPSA) is 32.3 Å². The first kappa shape index (κ1) is 14.4. The molecular weight excluding hydrogens is 248 g/mol. The Labute approximate surface area is 123 Å². The molecule has 114 valence electrons. The molecule has 3 aliphatic rings. The van der Waals surface area contributed by atoms with Crippen molar-refractivity contribution in [2.45, 2.75) is 84.0 Å². The minimum Gasteiger partial charge on any atom is -0.322 e. The van der Waals surface area contributed by atoms with E-state index in [1.165, 1.54) is 44.9 Å².